The van der Waals surface area contributed by atoms with Crippen molar-refractivity contribution in [3.63, 3.8) is 0 Å². The number of hydrogen-bond acceptors (Lipinski definition) is 2. The maximum Gasteiger partial charge on any atom is 0.329 e. The minimum absolute atomic E-state index is 0.00890. The van der Waals surface area contributed by atoms with Crippen LogP contribution < -0.4 is 11.2 Å². The lowest BCUT2D eigenvalue weighted by atomic mass is 10.1. The molecule has 0 saturated carbocycles. The summed E-state index contributed by atoms with van der Waals surface area (Å²) in [6.45, 7) is 7.88. The Labute approximate surface area is 125 Å². The molecule has 5 heteroatoms. The third-order valence-electron chi connectivity index (χ3n) is 3.61. The summed E-state index contributed by atoms with van der Waals surface area (Å²) < 4.78 is 1.31. The average Bonchev–Trinajstić information content (AvgIpc) is 2.33. The second kappa shape index (κ2) is 7.67. The molecule has 0 bridgehead atoms. The molecule has 0 saturated heterocycles. The first kappa shape index (κ1) is 17.0. The molecule has 20 heavy (non-hydrogen) atoms. The van der Waals surface area contributed by atoms with Crippen molar-refractivity contribution in [2.45, 2.75) is 71.8 Å². The highest BCUT2D eigenvalue weighted by Gasteiger charge is 2.18. The van der Waals surface area contributed by atoms with E-state index in [1.54, 1.807) is 0 Å². The highest BCUT2D eigenvalue weighted by molar-refractivity contribution is 6.30. The molecule has 0 fully saturated rings. The predicted molar refractivity (Wildman–Crippen MR) is 83.9 cm³/mol. The van der Waals surface area contributed by atoms with Gasteiger partial charge in [-0.3, -0.25) is 14.3 Å². The van der Waals surface area contributed by atoms with Crippen LogP contribution in [0.1, 0.15) is 77.3 Å². The number of unbranched alkanes of at least 4 members (excludes halogenated alkanes) is 3. The first-order valence-electron chi connectivity index (χ1n) is 7.44. The molecule has 0 spiro atoms. The lowest BCUT2D eigenvalue weighted by molar-refractivity contribution is 0.441. The zero-order valence-corrected chi connectivity index (χ0v) is 13.6. The van der Waals surface area contributed by atoms with E-state index in [1.807, 2.05) is 20.8 Å². The van der Waals surface area contributed by atoms with Crippen LogP contribution in [0, 0.1) is 0 Å². The fourth-order valence-electron chi connectivity index (χ4n) is 2.43. The Hall–Kier alpha value is -1.03. The van der Waals surface area contributed by atoms with Gasteiger partial charge in [-0.15, -0.1) is 0 Å². The zero-order valence-electron chi connectivity index (χ0n) is 12.8. The predicted octanol–water partition coefficient (Wildman–Crippen LogP) is 3.84. The number of nitrogens with one attached hydrogen (secondary N) is 1. The van der Waals surface area contributed by atoms with Crippen LogP contribution in [-0.2, 0) is 0 Å². The number of aromatic amines is 1. The Morgan fingerprint density at radius 3 is 2.35 bits per heavy atom. The smallest absolute Gasteiger partial charge is 0.297 e. The molecule has 0 aliphatic rings. The maximum atomic E-state index is 12.4. The number of halogens is 1. The third-order valence-corrected chi connectivity index (χ3v) is 3.91. The molecular formula is C15H25ClN2O2. The van der Waals surface area contributed by atoms with Gasteiger partial charge in [0, 0.05) is 6.04 Å². The fourth-order valence-corrected chi connectivity index (χ4v) is 2.81. The van der Waals surface area contributed by atoms with Crippen molar-refractivity contribution in [1.82, 2.24) is 9.55 Å². The second-order valence-corrected chi connectivity index (χ2v) is 6.06. The van der Waals surface area contributed by atoms with E-state index in [-0.39, 0.29) is 22.7 Å². The van der Waals surface area contributed by atoms with Crippen LogP contribution in [0.2, 0.25) is 5.15 Å². The van der Waals surface area contributed by atoms with Crippen LogP contribution in [0.3, 0.4) is 0 Å². The Morgan fingerprint density at radius 1 is 1.15 bits per heavy atom. The van der Waals surface area contributed by atoms with Gasteiger partial charge in [0.2, 0.25) is 0 Å². The molecule has 0 aliphatic heterocycles. The molecule has 0 aliphatic carbocycles. The molecule has 1 N–H and O–H groups in total. The van der Waals surface area contributed by atoms with E-state index in [0.717, 1.165) is 19.3 Å². The second-order valence-electron chi connectivity index (χ2n) is 5.69. The molecule has 4 nitrogen and oxygen atoms in total. The van der Waals surface area contributed by atoms with Gasteiger partial charge in [0.25, 0.3) is 5.56 Å². The highest BCUT2D eigenvalue weighted by Crippen LogP contribution is 2.18. The molecule has 114 valence electrons. The van der Waals surface area contributed by atoms with Crippen LogP contribution in [0.5, 0.6) is 0 Å². The summed E-state index contributed by atoms with van der Waals surface area (Å²) in [5, 5.41) is 0.171. The Morgan fingerprint density at radius 2 is 1.80 bits per heavy atom. The van der Waals surface area contributed by atoms with Crippen molar-refractivity contribution >= 4 is 11.6 Å². The van der Waals surface area contributed by atoms with Crippen molar-refractivity contribution in [1.29, 1.82) is 0 Å². The summed E-state index contributed by atoms with van der Waals surface area (Å²) in [5.74, 6) is -0.00890. The number of hydrogen-bond donors (Lipinski definition) is 1. The standard InChI is InChI=1S/C15H25ClN2O2/c1-5-6-7-8-9-11(4)18-14(19)12(10(2)3)13(16)17-15(18)20/h10-11H,5-9H2,1-4H3,(H,17,20). The molecule has 1 heterocycles. The van der Waals surface area contributed by atoms with Gasteiger partial charge in [0.15, 0.2) is 0 Å². The van der Waals surface area contributed by atoms with E-state index in [9.17, 15) is 9.59 Å². The number of nitrogens with zero attached hydrogens (tertiary/aromatic N) is 1. The largest absolute Gasteiger partial charge is 0.329 e. The Bertz CT molecular complexity index is 546. The van der Waals surface area contributed by atoms with Crippen molar-refractivity contribution in [3.8, 4) is 0 Å². The van der Waals surface area contributed by atoms with Crippen LogP contribution in [0.25, 0.3) is 0 Å². The molecule has 1 unspecified atom stereocenters. The third kappa shape index (κ3) is 3.98. The maximum absolute atomic E-state index is 12.4. The zero-order chi connectivity index (χ0) is 15.3. The normalized spacial score (nSPS) is 12.9. The lowest BCUT2D eigenvalue weighted by Crippen LogP contribution is -2.39. The minimum atomic E-state index is -0.410. The monoisotopic (exact) mass is 300 g/mol. The average molecular weight is 301 g/mol. The summed E-state index contributed by atoms with van der Waals surface area (Å²) in [5.41, 5.74) is -0.171. The van der Waals surface area contributed by atoms with Crippen LogP contribution in [-0.4, -0.2) is 9.55 Å². The number of rotatable bonds is 7. The lowest BCUT2D eigenvalue weighted by Gasteiger charge is -2.17. The van der Waals surface area contributed by atoms with E-state index < -0.39 is 5.69 Å². The minimum Gasteiger partial charge on any atom is -0.297 e. The van der Waals surface area contributed by atoms with Crippen molar-refractivity contribution in [3.05, 3.63) is 31.6 Å². The number of H-pyrrole nitrogens is 1. The van der Waals surface area contributed by atoms with Gasteiger partial charge in [-0.05, 0) is 19.3 Å². The SMILES string of the molecule is CCCCCCC(C)n1c(=O)[nH]c(Cl)c(C(C)C)c1=O. The first-order valence-corrected chi connectivity index (χ1v) is 7.82. The molecule has 0 radical (unpaired) electrons. The van der Waals surface area contributed by atoms with Gasteiger partial charge in [-0.1, -0.05) is 58.1 Å². The number of aromatic nitrogens is 2. The van der Waals surface area contributed by atoms with Gasteiger partial charge < -0.3 is 0 Å². The van der Waals surface area contributed by atoms with Gasteiger partial charge in [-0.25, -0.2) is 4.79 Å². The fraction of sp³-hybridized carbons (Fsp3) is 0.733. The summed E-state index contributed by atoms with van der Waals surface area (Å²) in [6.07, 6.45) is 5.37. The first-order chi connectivity index (χ1) is 9.40. The van der Waals surface area contributed by atoms with E-state index in [4.69, 9.17) is 11.6 Å². The topological polar surface area (TPSA) is 54.9 Å². The van der Waals surface area contributed by atoms with Crippen molar-refractivity contribution < 1.29 is 0 Å². The van der Waals surface area contributed by atoms with Gasteiger partial charge >= 0.3 is 5.69 Å². The van der Waals surface area contributed by atoms with E-state index in [1.165, 1.54) is 17.4 Å². The van der Waals surface area contributed by atoms with Crippen molar-refractivity contribution in [2.75, 3.05) is 0 Å². The molecular weight excluding hydrogens is 276 g/mol. The molecule has 1 aromatic rings. The molecule has 1 rings (SSSR count). The van der Waals surface area contributed by atoms with Crippen LogP contribution in [0.4, 0.5) is 0 Å². The summed E-state index contributed by atoms with van der Waals surface area (Å²) >= 11 is 5.98. The van der Waals surface area contributed by atoms with Gasteiger partial charge in [0.05, 0.1) is 5.56 Å². The summed E-state index contributed by atoms with van der Waals surface area (Å²) in [7, 11) is 0. The summed E-state index contributed by atoms with van der Waals surface area (Å²) in [6, 6.07) is -0.0992. The van der Waals surface area contributed by atoms with E-state index in [2.05, 4.69) is 11.9 Å². The Balaban J connectivity index is 3.03. The van der Waals surface area contributed by atoms with E-state index in [0.29, 0.717) is 5.56 Å². The summed E-state index contributed by atoms with van der Waals surface area (Å²) in [4.78, 5) is 27.0. The molecule has 0 aromatic carbocycles. The quantitative estimate of drug-likeness (QED) is 0.614. The van der Waals surface area contributed by atoms with Gasteiger partial charge in [0.1, 0.15) is 5.15 Å². The molecule has 0 amide bonds. The van der Waals surface area contributed by atoms with Crippen LogP contribution >= 0.6 is 11.6 Å². The van der Waals surface area contributed by atoms with Crippen molar-refractivity contribution in [2.24, 2.45) is 0 Å². The molecule has 1 aromatic heterocycles. The Kier molecular flexibility index (Phi) is 6.53. The molecule has 1 atom stereocenters. The van der Waals surface area contributed by atoms with Crippen LogP contribution in [0.15, 0.2) is 9.59 Å². The highest BCUT2D eigenvalue weighted by atomic mass is 35.5. The van der Waals surface area contributed by atoms with E-state index >= 15 is 0 Å². The van der Waals surface area contributed by atoms with Gasteiger partial charge in [-0.2, -0.15) is 0 Å².